The molecule has 2 aromatic rings. The topological polar surface area (TPSA) is 65.8 Å². The van der Waals surface area contributed by atoms with Gasteiger partial charge < -0.3 is 5.32 Å². The summed E-state index contributed by atoms with van der Waals surface area (Å²) in [6, 6.07) is 9.19. The molecule has 0 fully saturated rings. The van der Waals surface area contributed by atoms with E-state index in [9.17, 15) is 4.79 Å². The van der Waals surface area contributed by atoms with Gasteiger partial charge in [-0.25, -0.2) is 0 Å². The molecule has 0 atom stereocenters. The van der Waals surface area contributed by atoms with Crippen LogP contribution in [0.5, 0.6) is 0 Å². The van der Waals surface area contributed by atoms with E-state index in [4.69, 9.17) is 5.26 Å². The van der Waals surface area contributed by atoms with Gasteiger partial charge in [-0.2, -0.15) is 5.26 Å². The average Bonchev–Trinajstić information content (AvgIpc) is 2.27. The zero-order valence-electron chi connectivity index (χ0n) is 8.69. The molecule has 0 aliphatic rings. The van der Waals surface area contributed by atoms with E-state index in [-0.39, 0.29) is 5.91 Å². The number of nitrogens with one attached hydrogen (secondary N) is 1. The number of fused-ring (bicyclic) bond motifs is 1. The van der Waals surface area contributed by atoms with Gasteiger partial charge in [-0.05, 0) is 18.2 Å². The minimum Gasteiger partial charge on any atom is -0.326 e. The number of anilines is 1. The molecule has 0 aliphatic heterocycles. The second-order valence-corrected chi connectivity index (χ2v) is 3.42. The number of rotatable bonds is 1. The van der Waals surface area contributed by atoms with Gasteiger partial charge in [0.05, 0.1) is 11.1 Å². The largest absolute Gasteiger partial charge is 0.326 e. The minimum atomic E-state index is -0.118. The number of hydrogen-bond donors (Lipinski definition) is 1. The molecule has 16 heavy (non-hydrogen) atoms. The van der Waals surface area contributed by atoms with Gasteiger partial charge in [0.2, 0.25) is 5.91 Å². The highest BCUT2D eigenvalue weighted by molar-refractivity contribution is 5.92. The fourth-order valence-electron chi connectivity index (χ4n) is 1.46. The summed E-state index contributed by atoms with van der Waals surface area (Å²) in [6.45, 7) is 1.45. The molecule has 0 unspecified atom stereocenters. The van der Waals surface area contributed by atoms with E-state index < -0.39 is 0 Å². The highest BCUT2D eigenvalue weighted by Crippen LogP contribution is 2.18. The molecule has 2 rings (SSSR count). The second kappa shape index (κ2) is 3.99. The van der Waals surface area contributed by atoms with E-state index in [2.05, 4.69) is 10.3 Å². The van der Waals surface area contributed by atoms with Gasteiger partial charge in [0.15, 0.2) is 0 Å². The quantitative estimate of drug-likeness (QED) is 0.785. The van der Waals surface area contributed by atoms with Crippen LogP contribution < -0.4 is 5.32 Å². The van der Waals surface area contributed by atoms with Crippen LogP contribution in [0.1, 0.15) is 12.5 Å². The molecule has 0 saturated heterocycles. The van der Waals surface area contributed by atoms with Crippen LogP contribution >= 0.6 is 0 Å². The van der Waals surface area contributed by atoms with Crippen LogP contribution in [0, 0.1) is 11.3 Å². The van der Waals surface area contributed by atoms with Gasteiger partial charge in [0.1, 0.15) is 6.07 Å². The monoisotopic (exact) mass is 211 g/mol. The van der Waals surface area contributed by atoms with E-state index >= 15 is 0 Å². The summed E-state index contributed by atoms with van der Waals surface area (Å²) >= 11 is 0. The SMILES string of the molecule is CC(=O)Nc1ccc2cc(C#N)cnc2c1. The predicted octanol–water partition coefficient (Wildman–Crippen LogP) is 2.06. The van der Waals surface area contributed by atoms with Gasteiger partial charge in [-0.15, -0.1) is 0 Å². The first-order valence-corrected chi connectivity index (χ1v) is 4.76. The summed E-state index contributed by atoms with van der Waals surface area (Å²) in [4.78, 5) is 15.0. The van der Waals surface area contributed by atoms with Crippen molar-refractivity contribution in [2.24, 2.45) is 0 Å². The average molecular weight is 211 g/mol. The Morgan fingerprint density at radius 1 is 1.44 bits per heavy atom. The summed E-state index contributed by atoms with van der Waals surface area (Å²) in [5, 5.41) is 12.3. The molecule has 1 amide bonds. The molecule has 0 bridgehead atoms. The Labute approximate surface area is 92.5 Å². The molecule has 1 aromatic heterocycles. The van der Waals surface area contributed by atoms with Crippen molar-refractivity contribution in [1.82, 2.24) is 4.98 Å². The number of hydrogen-bond acceptors (Lipinski definition) is 3. The first-order chi connectivity index (χ1) is 7.69. The minimum absolute atomic E-state index is 0.118. The Bertz CT molecular complexity index is 599. The fraction of sp³-hybridized carbons (Fsp3) is 0.0833. The lowest BCUT2D eigenvalue weighted by atomic mass is 10.1. The Kier molecular flexibility index (Phi) is 2.52. The highest BCUT2D eigenvalue weighted by atomic mass is 16.1. The molecule has 4 nitrogen and oxygen atoms in total. The van der Waals surface area contributed by atoms with Crippen LogP contribution in [0.2, 0.25) is 0 Å². The molecule has 1 N–H and O–H groups in total. The van der Waals surface area contributed by atoms with Crippen LogP contribution in [-0.4, -0.2) is 10.9 Å². The maximum Gasteiger partial charge on any atom is 0.221 e. The second-order valence-electron chi connectivity index (χ2n) is 3.42. The lowest BCUT2D eigenvalue weighted by molar-refractivity contribution is -0.114. The van der Waals surface area contributed by atoms with Crippen molar-refractivity contribution in [3.05, 3.63) is 36.0 Å². The third kappa shape index (κ3) is 1.98. The first-order valence-electron chi connectivity index (χ1n) is 4.76. The van der Waals surface area contributed by atoms with Crippen LogP contribution in [-0.2, 0) is 4.79 Å². The lowest BCUT2D eigenvalue weighted by Gasteiger charge is -2.03. The fourth-order valence-corrected chi connectivity index (χ4v) is 1.46. The zero-order chi connectivity index (χ0) is 11.5. The number of amides is 1. The third-order valence-corrected chi connectivity index (χ3v) is 2.13. The van der Waals surface area contributed by atoms with Crippen molar-refractivity contribution in [3.8, 4) is 6.07 Å². The van der Waals surface area contributed by atoms with Crippen LogP contribution in [0.25, 0.3) is 10.9 Å². The smallest absolute Gasteiger partial charge is 0.221 e. The number of aromatic nitrogens is 1. The van der Waals surface area contributed by atoms with E-state index in [1.54, 1.807) is 18.2 Å². The van der Waals surface area contributed by atoms with Crippen molar-refractivity contribution in [3.63, 3.8) is 0 Å². The number of pyridine rings is 1. The van der Waals surface area contributed by atoms with Crippen molar-refractivity contribution < 1.29 is 4.79 Å². The summed E-state index contributed by atoms with van der Waals surface area (Å²) < 4.78 is 0. The van der Waals surface area contributed by atoms with Crippen LogP contribution in [0.15, 0.2) is 30.5 Å². The highest BCUT2D eigenvalue weighted by Gasteiger charge is 2.00. The molecule has 0 radical (unpaired) electrons. The van der Waals surface area contributed by atoms with E-state index in [1.165, 1.54) is 13.1 Å². The van der Waals surface area contributed by atoms with E-state index in [0.29, 0.717) is 11.3 Å². The van der Waals surface area contributed by atoms with Crippen LogP contribution in [0.4, 0.5) is 5.69 Å². The van der Waals surface area contributed by atoms with Crippen molar-refractivity contribution >= 4 is 22.5 Å². The number of carbonyl (C=O) groups is 1. The maximum absolute atomic E-state index is 10.9. The summed E-state index contributed by atoms with van der Waals surface area (Å²) in [7, 11) is 0. The lowest BCUT2D eigenvalue weighted by Crippen LogP contribution is -2.05. The summed E-state index contributed by atoms with van der Waals surface area (Å²) in [5.41, 5.74) is 1.99. The van der Waals surface area contributed by atoms with Crippen LogP contribution in [0.3, 0.4) is 0 Å². The zero-order valence-corrected chi connectivity index (χ0v) is 8.69. The van der Waals surface area contributed by atoms with Gasteiger partial charge >= 0.3 is 0 Å². The Hall–Kier alpha value is -2.41. The molecule has 0 saturated carbocycles. The van der Waals surface area contributed by atoms with Gasteiger partial charge in [0.25, 0.3) is 0 Å². The Morgan fingerprint density at radius 3 is 2.94 bits per heavy atom. The molecule has 1 heterocycles. The van der Waals surface area contributed by atoms with Gasteiger partial charge in [0, 0.05) is 24.2 Å². The van der Waals surface area contributed by atoms with E-state index in [0.717, 1.165) is 10.9 Å². The molecular weight excluding hydrogens is 202 g/mol. The normalized spacial score (nSPS) is 9.75. The Balaban J connectivity index is 2.48. The number of nitrogens with zero attached hydrogens (tertiary/aromatic N) is 2. The standard InChI is InChI=1S/C12H9N3O/c1-8(16)15-11-3-2-10-4-9(6-13)7-14-12(10)5-11/h2-5,7H,1H3,(H,15,16). The number of nitriles is 1. The molecule has 4 heteroatoms. The summed E-state index contributed by atoms with van der Waals surface area (Å²) in [6.07, 6.45) is 1.51. The molecule has 1 aromatic carbocycles. The van der Waals surface area contributed by atoms with Crippen molar-refractivity contribution in [2.75, 3.05) is 5.32 Å². The number of benzene rings is 1. The number of carbonyl (C=O) groups excluding carboxylic acids is 1. The van der Waals surface area contributed by atoms with Crippen molar-refractivity contribution in [1.29, 1.82) is 5.26 Å². The van der Waals surface area contributed by atoms with Gasteiger partial charge in [-0.1, -0.05) is 6.07 Å². The Morgan fingerprint density at radius 2 is 2.25 bits per heavy atom. The molecule has 0 aliphatic carbocycles. The van der Waals surface area contributed by atoms with Crippen molar-refractivity contribution in [2.45, 2.75) is 6.92 Å². The molecule has 78 valence electrons. The first kappa shape index (κ1) is 10.1. The van der Waals surface area contributed by atoms with E-state index in [1.807, 2.05) is 12.1 Å². The third-order valence-electron chi connectivity index (χ3n) is 2.13. The van der Waals surface area contributed by atoms with Gasteiger partial charge in [-0.3, -0.25) is 9.78 Å². The predicted molar refractivity (Wildman–Crippen MR) is 60.8 cm³/mol. The molecular formula is C12H9N3O. The summed E-state index contributed by atoms with van der Waals surface area (Å²) in [5.74, 6) is -0.118. The molecule has 0 spiro atoms. The maximum atomic E-state index is 10.9.